The van der Waals surface area contributed by atoms with Gasteiger partial charge >= 0.3 is 0 Å². The molecule has 1 unspecified atom stereocenters. The molecule has 6 nitrogen and oxygen atoms in total. The molecule has 0 bridgehead atoms. The topological polar surface area (TPSA) is 59.1 Å². The standard InChI is InChI=1S/C33H52N2O4SSi/c1-6-30-23-32(35(40(2,36)37)26-38-21-22-41(3,4)5)33(34(30)24-27-13-9-7-10-14-27)25-39-31-19-17-29(18-20-31)28-15-11-8-12-16-28/h7-16,29-33H,6,17-26H2,1-5H3/t29?,30?,31?,32-,33-/m0/s1. The lowest BCUT2D eigenvalue weighted by molar-refractivity contribution is -0.0251. The van der Waals surface area contributed by atoms with Crippen molar-refractivity contribution in [3.05, 3.63) is 71.8 Å². The molecule has 1 saturated carbocycles. The maximum atomic E-state index is 13.2. The monoisotopic (exact) mass is 600 g/mol. The molecule has 2 aromatic rings. The highest BCUT2D eigenvalue weighted by Gasteiger charge is 2.46. The third kappa shape index (κ3) is 9.47. The van der Waals surface area contributed by atoms with Crippen molar-refractivity contribution in [3.8, 4) is 0 Å². The lowest BCUT2D eigenvalue weighted by Gasteiger charge is -2.36. The van der Waals surface area contributed by atoms with Crippen molar-refractivity contribution >= 4 is 18.1 Å². The number of hydrogen-bond donors (Lipinski definition) is 0. The van der Waals surface area contributed by atoms with Gasteiger partial charge in [0.15, 0.2) is 0 Å². The van der Waals surface area contributed by atoms with Crippen LogP contribution in [0.25, 0.3) is 0 Å². The molecule has 2 fully saturated rings. The Balaban J connectivity index is 1.48. The van der Waals surface area contributed by atoms with Crippen molar-refractivity contribution in [2.75, 3.05) is 26.2 Å². The van der Waals surface area contributed by atoms with Crippen LogP contribution in [0, 0.1) is 0 Å². The second-order valence-electron chi connectivity index (χ2n) is 13.3. The molecule has 1 heterocycles. The smallest absolute Gasteiger partial charge is 0.213 e. The predicted molar refractivity (Wildman–Crippen MR) is 171 cm³/mol. The first-order valence-electron chi connectivity index (χ1n) is 15.6. The first-order chi connectivity index (χ1) is 19.5. The number of benzene rings is 2. The van der Waals surface area contributed by atoms with E-state index < -0.39 is 18.1 Å². The van der Waals surface area contributed by atoms with Crippen LogP contribution in [0.4, 0.5) is 0 Å². The molecule has 0 N–H and O–H groups in total. The molecule has 1 aliphatic heterocycles. The van der Waals surface area contributed by atoms with Gasteiger partial charge in [0, 0.05) is 33.3 Å². The summed E-state index contributed by atoms with van der Waals surface area (Å²) >= 11 is 0. The Morgan fingerprint density at radius 3 is 2.17 bits per heavy atom. The molecule has 2 aromatic carbocycles. The summed E-state index contributed by atoms with van der Waals surface area (Å²) in [6.45, 7) is 11.2. The van der Waals surface area contributed by atoms with E-state index >= 15 is 0 Å². The van der Waals surface area contributed by atoms with E-state index in [1.54, 1.807) is 4.31 Å². The molecule has 8 heteroatoms. The fraction of sp³-hybridized carbons (Fsp3) is 0.636. The van der Waals surface area contributed by atoms with Gasteiger partial charge < -0.3 is 9.47 Å². The predicted octanol–water partition coefficient (Wildman–Crippen LogP) is 6.73. The van der Waals surface area contributed by atoms with Gasteiger partial charge in [-0.2, -0.15) is 4.31 Å². The average molecular weight is 601 g/mol. The van der Waals surface area contributed by atoms with Crippen molar-refractivity contribution in [3.63, 3.8) is 0 Å². The number of hydrogen-bond acceptors (Lipinski definition) is 5. The van der Waals surface area contributed by atoms with Gasteiger partial charge in [0.2, 0.25) is 10.0 Å². The molecule has 228 valence electrons. The van der Waals surface area contributed by atoms with E-state index in [1.165, 1.54) is 17.4 Å². The van der Waals surface area contributed by atoms with E-state index in [2.05, 4.69) is 86.1 Å². The Bertz CT molecular complexity index is 1150. The van der Waals surface area contributed by atoms with Gasteiger partial charge in [-0.1, -0.05) is 87.2 Å². The minimum Gasteiger partial charge on any atom is -0.377 e. The van der Waals surface area contributed by atoms with Crippen molar-refractivity contribution in [2.45, 2.75) is 108 Å². The number of sulfonamides is 1. The Kier molecular flexibility index (Phi) is 11.6. The minimum atomic E-state index is -3.47. The third-order valence-electron chi connectivity index (χ3n) is 8.99. The lowest BCUT2D eigenvalue weighted by Crippen LogP contribution is -2.51. The Labute approximate surface area is 250 Å². The summed E-state index contributed by atoms with van der Waals surface area (Å²) in [7, 11) is -4.74. The van der Waals surface area contributed by atoms with Crippen LogP contribution in [0.1, 0.15) is 62.5 Å². The van der Waals surface area contributed by atoms with Crippen LogP contribution in [0.15, 0.2) is 60.7 Å². The van der Waals surface area contributed by atoms with E-state index in [1.807, 2.05) is 6.07 Å². The van der Waals surface area contributed by atoms with Gasteiger partial charge in [0.25, 0.3) is 0 Å². The van der Waals surface area contributed by atoms with Crippen molar-refractivity contribution in [2.24, 2.45) is 0 Å². The molecule has 41 heavy (non-hydrogen) atoms. The summed E-state index contributed by atoms with van der Waals surface area (Å²) in [5.41, 5.74) is 2.68. The van der Waals surface area contributed by atoms with Crippen molar-refractivity contribution < 1.29 is 17.9 Å². The highest BCUT2D eigenvalue weighted by molar-refractivity contribution is 7.88. The fourth-order valence-electron chi connectivity index (χ4n) is 6.51. The maximum Gasteiger partial charge on any atom is 0.213 e. The number of ether oxygens (including phenoxy) is 2. The van der Waals surface area contributed by atoms with Crippen molar-refractivity contribution in [1.82, 2.24) is 9.21 Å². The van der Waals surface area contributed by atoms with E-state index in [9.17, 15) is 8.42 Å². The van der Waals surface area contributed by atoms with Crippen LogP contribution in [0.2, 0.25) is 25.7 Å². The summed E-state index contributed by atoms with van der Waals surface area (Å²) < 4.78 is 40.7. The molecule has 0 aromatic heterocycles. The third-order valence-corrected chi connectivity index (χ3v) is 11.9. The molecule has 1 saturated heterocycles. The normalized spacial score (nSPS) is 26.0. The van der Waals surface area contributed by atoms with Crippen molar-refractivity contribution in [1.29, 1.82) is 0 Å². The number of nitrogens with zero attached hydrogens (tertiary/aromatic N) is 2. The first-order valence-corrected chi connectivity index (χ1v) is 21.1. The van der Waals surface area contributed by atoms with Gasteiger partial charge in [-0.05, 0) is 61.6 Å². The van der Waals surface area contributed by atoms with Crippen LogP contribution >= 0.6 is 0 Å². The zero-order chi connectivity index (χ0) is 29.5. The van der Waals surface area contributed by atoms with E-state index in [4.69, 9.17) is 9.47 Å². The molecular formula is C33H52N2O4SSi. The molecule has 0 amide bonds. The number of likely N-dealkylation sites (tertiary alicyclic amines) is 1. The first kappa shape index (κ1) is 32.4. The molecule has 1 aliphatic carbocycles. The minimum absolute atomic E-state index is 0.0256. The quantitative estimate of drug-likeness (QED) is 0.137. The second kappa shape index (κ2) is 14.8. The summed E-state index contributed by atoms with van der Waals surface area (Å²) in [4.78, 5) is 2.51. The van der Waals surface area contributed by atoms with E-state index in [-0.39, 0.29) is 31.0 Å². The van der Waals surface area contributed by atoms with Gasteiger partial charge in [-0.3, -0.25) is 4.90 Å². The Hall–Kier alpha value is -1.55. The molecule has 0 radical (unpaired) electrons. The highest BCUT2D eigenvalue weighted by atomic mass is 32.2. The number of rotatable bonds is 14. The highest BCUT2D eigenvalue weighted by Crippen LogP contribution is 2.36. The summed E-state index contributed by atoms with van der Waals surface area (Å²) in [6, 6.07) is 22.5. The van der Waals surface area contributed by atoms with E-state index in [0.29, 0.717) is 19.1 Å². The molecule has 0 spiro atoms. The van der Waals surface area contributed by atoms with Crippen LogP contribution in [-0.4, -0.2) is 76.1 Å². The molecule has 3 atom stereocenters. The van der Waals surface area contributed by atoms with Gasteiger partial charge in [0.05, 0.1) is 25.0 Å². The van der Waals surface area contributed by atoms with Gasteiger partial charge in [-0.15, -0.1) is 0 Å². The van der Waals surface area contributed by atoms with Crippen LogP contribution in [0.5, 0.6) is 0 Å². The SMILES string of the molecule is CCC1C[C@H](N(COCC[Si](C)(C)C)S(C)(=O)=O)[C@H](COC2CCC(c3ccccc3)CC2)N1Cc1ccccc1. The Morgan fingerprint density at radius 1 is 0.951 bits per heavy atom. The van der Waals surface area contributed by atoms with Gasteiger partial charge in [0.1, 0.15) is 6.73 Å². The maximum absolute atomic E-state index is 13.2. The molecule has 4 rings (SSSR count). The average Bonchev–Trinajstić information content (AvgIpc) is 3.28. The summed E-state index contributed by atoms with van der Waals surface area (Å²) in [6.07, 6.45) is 7.67. The van der Waals surface area contributed by atoms with E-state index in [0.717, 1.165) is 51.1 Å². The second-order valence-corrected chi connectivity index (χ2v) is 20.9. The zero-order valence-electron chi connectivity index (χ0n) is 25.9. The summed E-state index contributed by atoms with van der Waals surface area (Å²) in [5.74, 6) is 0.600. The van der Waals surface area contributed by atoms with Crippen LogP contribution in [-0.2, 0) is 26.0 Å². The van der Waals surface area contributed by atoms with Gasteiger partial charge in [-0.25, -0.2) is 8.42 Å². The lowest BCUT2D eigenvalue weighted by atomic mass is 9.83. The fourth-order valence-corrected chi connectivity index (χ4v) is 8.26. The van der Waals surface area contributed by atoms with Crippen LogP contribution < -0.4 is 0 Å². The Morgan fingerprint density at radius 2 is 1.59 bits per heavy atom. The van der Waals surface area contributed by atoms with Crippen LogP contribution in [0.3, 0.4) is 0 Å². The largest absolute Gasteiger partial charge is 0.377 e. The zero-order valence-corrected chi connectivity index (χ0v) is 27.7. The molecule has 2 aliphatic rings. The molecular weight excluding hydrogens is 549 g/mol. The summed E-state index contributed by atoms with van der Waals surface area (Å²) in [5, 5.41) is 0.